The summed E-state index contributed by atoms with van der Waals surface area (Å²) in [6.45, 7) is -1.36. The minimum Gasteiger partial charge on any atom is -0.434 e. The predicted molar refractivity (Wildman–Crippen MR) is 136 cm³/mol. The molecule has 3 aromatic heterocycles. The van der Waals surface area contributed by atoms with Crippen LogP contribution in [0.15, 0.2) is 42.9 Å². The van der Waals surface area contributed by atoms with E-state index in [-0.39, 0.29) is 22.8 Å². The van der Waals surface area contributed by atoms with Crippen LogP contribution in [0, 0.1) is 5.82 Å². The van der Waals surface area contributed by atoms with Gasteiger partial charge in [0, 0.05) is 66.0 Å². The zero-order chi connectivity index (χ0) is 28.1. The number of benzene rings is 1. The lowest BCUT2D eigenvalue weighted by atomic mass is 9.66. The minimum absolute atomic E-state index is 0.0656. The zero-order valence-corrected chi connectivity index (χ0v) is 21.6. The summed E-state index contributed by atoms with van der Waals surface area (Å²) in [6, 6.07) is 5.77. The molecule has 1 aliphatic heterocycles. The molecule has 0 unspecified atom stereocenters. The van der Waals surface area contributed by atoms with Crippen LogP contribution in [-0.2, 0) is 5.54 Å². The quantitative estimate of drug-likeness (QED) is 0.396. The Balaban J connectivity index is 1.35. The molecule has 9 nitrogen and oxygen atoms in total. The number of carbonyl (C=O) groups is 1. The molecule has 1 aromatic carbocycles. The second-order valence-corrected chi connectivity index (χ2v) is 11.3. The maximum atomic E-state index is 15.4. The molecular weight excluding hydrogens is 525 g/mol. The molecule has 0 saturated heterocycles. The Morgan fingerprint density at radius 2 is 1.90 bits per heavy atom. The van der Waals surface area contributed by atoms with Crippen LogP contribution < -0.4 is 10.5 Å². The maximum Gasteiger partial charge on any atom is 0.387 e. The largest absolute Gasteiger partial charge is 0.434 e. The second kappa shape index (κ2) is 8.24. The summed E-state index contributed by atoms with van der Waals surface area (Å²) in [5.74, 6) is -1.05. The van der Waals surface area contributed by atoms with Crippen LogP contribution >= 0.6 is 0 Å². The van der Waals surface area contributed by atoms with Gasteiger partial charge in [0.1, 0.15) is 17.4 Å². The van der Waals surface area contributed by atoms with E-state index in [0.717, 1.165) is 5.56 Å². The van der Waals surface area contributed by atoms with E-state index in [2.05, 4.69) is 15.1 Å². The van der Waals surface area contributed by atoms with Crippen molar-refractivity contribution in [1.82, 2.24) is 24.5 Å². The fourth-order valence-electron chi connectivity index (χ4n) is 6.79. The first-order valence-electron chi connectivity index (χ1n) is 12.9. The third kappa shape index (κ3) is 3.55. The summed E-state index contributed by atoms with van der Waals surface area (Å²) < 4.78 is 48.3. The van der Waals surface area contributed by atoms with Crippen LogP contribution in [0.4, 0.5) is 13.2 Å². The Labute approximate surface area is 226 Å². The topological polar surface area (TPSA) is 119 Å². The van der Waals surface area contributed by atoms with Gasteiger partial charge in [0.15, 0.2) is 0 Å². The van der Waals surface area contributed by atoms with E-state index in [1.54, 1.807) is 31.0 Å². The van der Waals surface area contributed by atoms with Crippen LogP contribution in [-0.4, -0.2) is 54.8 Å². The predicted octanol–water partition coefficient (Wildman–Crippen LogP) is 3.89. The van der Waals surface area contributed by atoms with E-state index in [4.69, 9.17) is 10.5 Å². The third-order valence-electron chi connectivity index (χ3n) is 8.36. The van der Waals surface area contributed by atoms with Crippen molar-refractivity contribution in [2.75, 3.05) is 7.05 Å². The molecule has 0 radical (unpaired) electrons. The van der Waals surface area contributed by atoms with Gasteiger partial charge in [0.2, 0.25) is 0 Å². The lowest BCUT2D eigenvalue weighted by Gasteiger charge is -2.48. The Morgan fingerprint density at radius 1 is 1.18 bits per heavy atom. The number of hydrogen-bond acceptors (Lipinski definition) is 7. The van der Waals surface area contributed by atoms with Crippen LogP contribution in [0.3, 0.4) is 0 Å². The van der Waals surface area contributed by atoms with Gasteiger partial charge in [-0.1, -0.05) is 6.07 Å². The summed E-state index contributed by atoms with van der Waals surface area (Å²) in [4.78, 5) is 23.6. The number of rotatable bonds is 4. The van der Waals surface area contributed by atoms with E-state index < -0.39 is 35.5 Å². The molecule has 1 fully saturated rings. The molecule has 1 amide bonds. The van der Waals surface area contributed by atoms with E-state index in [0.29, 0.717) is 47.4 Å². The summed E-state index contributed by atoms with van der Waals surface area (Å²) >= 11 is 0. The average molecular weight is 551 g/mol. The van der Waals surface area contributed by atoms with Crippen LogP contribution in [0.5, 0.6) is 5.75 Å². The number of amides is 1. The van der Waals surface area contributed by atoms with Crippen molar-refractivity contribution in [2.45, 2.75) is 55.9 Å². The van der Waals surface area contributed by atoms with Crippen molar-refractivity contribution in [3.63, 3.8) is 0 Å². The van der Waals surface area contributed by atoms with E-state index >= 15 is 4.39 Å². The number of aromatic nitrogens is 4. The van der Waals surface area contributed by atoms with Gasteiger partial charge in [0.25, 0.3) is 5.91 Å². The number of halogens is 3. The number of aliphatic hydroxyl groups is 1. The molecule has 40 heavy (non-hydrogen) atoms. The highest BCUT2D eigenvalue weighted by Crippen LogP contribution is 2.53. The van der Waals surface area contributed by atoms with Crippen molar-refractivity contribution in [1.29, 1.82) is 0 Å². The van der Waals surface area contributed by atoms with E-state index in [9.17, 15) is 18.7 Å². The monoisotopic (exact) mass is 550 g/mol. The number of pyridine rings is 1. The first-order chi connectivity index (χ1) is 19.0. The lowest BCUT2D eigenvalue weighted by molar-refractivity contribution is -0.0769. The van der Waals surface area contributed by atoms with Crippen LogP contribution in [0.2, 0.25) is 0 Å². The maximum absolute atomic E-state index is 15.4. The van der Waals surface area contributed by atoms with E-state index in [1.165, 1.54) is 35.2 Å². The molecule has 1 saturated carbocycles. The molecule has 2 atom stereocenters. The molecule has 7 rings (SSSR count). The zero-order valence-electron chi connectivity index (χ0n) is 21.6. The fraction of sp³-hybridized carbons (Fsp3) is 0.357. The average Bonchev–Trinajstić information content (AvgIpc) is 3.39. The van der Waals surface area contributed by atoms with Crippen molar-refractivity contribution in [3.8, 4) is 16.9 Å². The van der Waals surface area contributed by atoms with Gasteiger partial charge in [-0.05, 0) is 31.5 Å². The fourth-order valence-corrected chi connectivity index (χ4v) is 6.79. The molecule has 0 spiro atoms. The number of ether oxygens (including phenoxy) is 1. The number of nitrogens with two attached hydrogens (primary N) is 1. The second-order valence-electron chi connectivity index (χ2n) is 11.3. The number of carbonyl (C=O) groups excluding carboxylic acids is 1. The molecule has 2 aliphatic carbocycles. The van der Waals surface area contributed by atoms with Crippen molar-refractivity contribution in [2.24, 2.45) is 5.73 Å². The van der Waals surface area contributed by atoms with Gasteiger partial charge in [-0.15, -0.1) is 0 Å². The number of fused-ring (bicyclic) bond motifs is 9. The molecule has 206 valence electrons. The smallest absolute Gasteiger partial charge is 0.387 e. The van der Waals surface area contributed by atoms with Gasteiger partial charge >= 0.3 is 6.61 Å². The Hall–Kier alpha value is -4.03. The summed E-state index contributed by atoms with van der Waals surface area (Å²) in [7, 11) is 1.65. The highest BCUT2D eigenvalue weighted by Gasteiger charge is 2.51. The first kappa shape index (κ1) is 25.0. The number of hydrogen-bond donors (Lipinski definition) is 2. The minimum atomic E-state index is -3.06. The van der Waals surface area contributed by atoms with Gasteiger partial charge in [-0.2, -0.15) is 13.9 Å². The molecule has 3 aliphatic rings. The standard InChI is InChI=1S/C28H25F3N6O3/c1-27(39)11-28(32,12-27)25-33-8-13(9-34-25)15-6-18-22-16-7-19(23(22)35-37(18)10-17(15)29)36(2)24(38)14-4-3-5-20(21(14)16)40-26(30)31/h3-6,8-10,16,19,26,39H,7,11-12,32H2,1-2H3/t16-,19-,27?,28?/m1/s1. The highest BCUT2D eigenvalue weighted by atomic mass is 19.3. The SMILES string of the molecule is CN1C(=O)c2cccc(OC(F)F)c2[C@H]2C[C@@H]1c1nn3cc(F)c(-c4cnc(C5(N)CC(C)(O)C5)nc4)cc3c12. The molecule has 12 heteroatoms. The van der Waals surface area contributed by atoms with Crippen molar-refractivity contribution >= 4 is 11.4 Å². The molecule has 2 bridgehead atoms. The molecule has 4 aromatic rings. The van der Waals surface area contributed by atoms with Gasteiger partial charge in [-0.25, -0.2) is 18.9 Å². The first-order valence-corrected chi connectivity index (χ1v) is 12.9. The molecule has 4 heterocycles. The summed E-state index contributed by atoms with van der Waals surface area (Å²) in [6.07, 6.45) is 5.31. The highest BCUT2D eigenvalue weighted by molar-refractivity contribution is 5.98. The van der Waals surface area contributed by atoms with Crippen LogP contribution in [0.25, 0.3) is 16.6 Å². The molecule has 3 N–H and O–H groups in total. The van der Waals surface area contributed by atoms with Crippen molar-refractivity contribution < 1.29 is 27.8 Å². The molecular formula is C28H25F3N6O3. The Bertz CT molecular complexity index is 1700. The van der Waals surface area contributed by atoms with E-state index in [1.807, 2.05) is 0 Å². The number of alkyl halides is 2. The summed E-state index contributed by atoms with van der Waals surface area (Å²) in [5.41, 5.74) is 7.84. The van der Waals surface area contributed by atoms with Crippen molar-refractivity contribution in [3.05, 3.63) is 76.9 Å². The Morgan fingerprint density at radius 3 is 2.58 bits per heavy atom. The lowest BCUT2D eigenvalue weighted by Crippen LogP contribution is -2.59. The number of nitrogens with zero attached hydrogens (tertiary/aromatic N) is 5. The Kier molecular flexibility index (Phi) is 5.15. The van der Waals surface area contributed by atoms with Crippen LogP contribution in [0.1, 0.15) is 71.1 Å². The normalized spacial score (nSPS) is 27.0. The van der Waals surface area contributed by atoms with Gasteiger partial charge in [0.05, 0.1) is 34.6 Å². The summed E-state index contributed by atoms with van der Waals surface area (Å²) in [5, 5.41) is 14.7. The third-order valence-corrected chi connectivity index (χ3v) is 8.36. The van der Waals surface area contributed by atoms with Gasteiger partial charge < -0.3 is 20.5 Å². The van der Waals surface area contributed by atoms with Gasteiger partial charge in [-0.3, -0.25) is 4.79 Å².